The van der Waals surface area contributed by atoms with Crippen molar-refractivity contribution in [1.82, 2.24) is 25.1 Å². The average Bonchev–Trinajstić information content (AvgIpc) is 3.03. The lowest BCUT2D eigenvalue weighted by molar-refractivity contribution is -0.165. The van der Waals surface area contributed by atoms with Crippen LogP contribution in [0.15, 0.2) is 6.08 Å². The van der Waals surface area contributed by atoms with Crippen LogP contribution in [0.3, 0.4) is 0 Å². The number of hydrogen-bond acceptors (Lipinski definition) is 8. The van der Waals surface area contributed by atoms with Crippen LogP contribution in [0.4, 0.5) is 0 Å². The lowest BCUT2D eigenvalue weighted by Gasteiger charge is -2.20. The summed E-state index contributed by atoms with van der Waals surface area (Å²) >= 11 is 0. The van der Waals surface area contributed by atoms with Gasteiger partial charge in [-0.05, 0) is 25.6 Å². The molecule has 1 aliphatic heterocycles. The Hall–Kier alpha value is -2.37. The van der Waals surface area contributed by atoms with Crippen molar-refractivity contribution >= 4 is 17.5 Å². The van der Waals surface area contributed by atoms with Gasteiger partial charge in [0.25, 0.3) is 0 Å². The highest BCUT2D eigenvalue weighted by Gasteiger charge is 2.29. The highest BCUT2D eigenvalue weighted by molar-refractivity contribution is 5.83. The minimum absolute atomic E-state index is 0.774. The van der Waals surface area contributed by atoms with Crippen LogP contribution < -0.4 is 0 Å². The molecular weight excluding hydrogens is 322 g/mol. The molecule has 1 aromatic rings. The summed E-state index contributed by atoms with van der Waals surface area (Å²) in [6.07, 6.45) is -1.25. The molecule has 0 aromatic carbocycles. The van der Waals surface area contributed by atoms with E-state index in [2.05, 4.69) is 33.4 Å². The first-order chi connectivity index (χ1) is 11.3. The quantitative estimate of drug-likeness (QED) is 0.484. The Kier molecular flexibility index (Phi) is 7.42. The largest absolute Gasteiger partial charge is 0.479 e. The molecule has 24 heavy (non-hydrogen) atoms. The maximum Gasteiger partial charge on any atom is 0.335 e. The zero-order valence-electron chi connectivity index (χ0n) is 13.4. The number of likely N-dealkylation sites (N-methyl/N-ethyl adjacent to an activating group) is 1. The predicted molar refractivity (Wildman–Crippen MR) is 80.9 cm³/mol. The lowest BCUT2D eigenvalue weighted by atomic mass is 10.1. The summed E-state index contributed by atoms with van der Waals surface area (Å²) in [4.78, 5) is 23.4. The fraction of sp³-hybridized carbons (Fsp3) is 0.615. The summed E-state index contributed by atoms with van der Waals surface area (Å²) in [5.41, 5.74) is 1.19. The van der Waals surface area contributed by atoms with Gasteiger partial charge in [0.15, 0.2) is 12.2 Å². The molecule has 4 N–H and O–H groups in total. The van der Waals surface area contributed by atoms with E-state index in [1.165, 1.54) is 5.57 Å². The normalized spacial score (nSPS) is 17.2. The third kappa shape index (κ3) is 5.68. The molecule has 0 aliphatic carbocycles. The number of aliphatic hydroxyl groups is 2. The molecule has 134 valence electrons. The zero-order valence-corrected chi connectivity index (χ0v) is 13.4. The summed E-state index contributed by atoms with van der Waals surface area (Å²) in [5.74, 6) is -2.76. The Labute approximate surface area is 137 Å². The van der Waals surface area contributed by atoms with Gasteiger partial charge < -0.3 is 25.3 Å². The van der Waals surface area contributed by atoms with Crippen LogP contribution in [0.5, 0.6) is 0 Å². The fourth-order valence-electron chi connectivity index (χ4n) is 1.83. The molecule has 0 saturated carbocycles. The number of carbonyl (C=O) groups is 2. The Morgan fingerprint density at radius 3 is 2.25 bits per heavy atom. The van der Waals surface area contributed by atoms with Crippen molar-refractivity contribution < 1.29 is 30.0 Å². The lowest BCUT2D eigenvalue weighted by Crippen LogP contribution is -2.39. The summed E-state index contributed by atoms with van der Waals surface area (Å²) in [7, 11) is 2.11. The summed E-state index contributed by atoms with van der Waals surface area (Å²) in [5, 5.41) is 44.8. The van der Waals surface area contributed by atoms with Crippen molar-refractivity contribution in [3.05, 3.63) is 11.9 Å². The highest BCUT2D eigenvalue weighted by Crippen LogP contribution is 2.15. The van der Waals surface area contributed by atoms with Gasteiger partial charge in [-0.25, -0.2) is 9.59 Å². The molecule has 0 spiro atoms. The number of rotatable bonds is 5. The van der Waals surface area contributed by atoms with Crippen LogP contribution in [0.2, 0.25) is 0 Å². The van der Waals surface area contributed by atoms with E-state index in [-0.39, 0.29) is 0 Å². The van der Waals surface area contributed by atoms with E-state index < -0.39 is 24.1 Å². The first-order valence-corrected chi connectivity index (χ1v) is 7.23. The average molecular weight is 343 g/mol. The van der Waals surface area contributed by atoms with Crippen LogP contribution in [0.25, 0.3) is 5.57 Å². The highest BCUT2D eigenvalue weighted by atomic mass is 16.4. The van der Waals surface area contributed by atoms with Gasteiger partial charge in [0, 0.05) is 18.7 Å². The Morgan fingerprint density at radius 2 is 1.83 bits per heavy atom. The third-order valence-electron chi connectivity index (χ3n) is 3.17. The van der Waals surface area contributed by atoms with Crippen LogP contribution in [0.1, 0.15) is 19.2 Å². The third-order valence-corrected chi connectivity index (χ3v) is 3.17. The Balaban J connectivity index is 0.000000257. The van der Waals surface area contributed by atoms with Gasteiger partial charge in [0.05, 0.1) is 6.54 Å². The van der Waals surface area contributed by atoms with Crippen molar-refractivity contribution in [1.29, 1.82) is 0 Å². The van der Waals surface area contributed by atoms with Gasteiger partial charge in [-0.15, -0.1) is 10.2 Å². The molecule has 0 saturated heterocycles. The number of aliphatic carboxylic acids is 2. The van der Waals surface area contributed by atoms with Gasteiger partial charge in [-0.2, -0.15) is 4.80 Å². The van der Waals surface area contributed by atoms with Crippen LogP contribution >= 0.6 is 0 Å². The Bertz CT molecular complexity index is 583. The number of nitrogens with zero attached hydrogens (tertiary/aromatic N) is 5. The maximum absolute atomic E-state index is 9.77. The second-order valence-electron chi connectivity index (χ2n) is 5.12. The van der Waals surface area contributed by atoms with Crippen molar-refractivity contribution in [2.45, 2.75) is 32.1 Å². The smallest absolute Gasteiger partial charge is 0.335 e. The number of aryl methyl sites for hydroxylation is 1. The first kappa shape index (κ1) is 19.7. The summed E-state index contributed by atoms with van der Waals surface area (Å²) < 4.78 is 0. The van der Waals surface area contributed by atoms with E-state index in [4.69, 9.17) is 20.4 Å². The molecule has 2 rings (SSSR count). The van der Waals surface area contributed by atoms with E-state index in [0.29, 0.717) is 0 Å². The van der Waals surface area contributed by atoms with E-state index >= 15 is 0 Å². The molecule has 0 fully saturated rings. The monoisotopic (exact) mass is 343 g/mol. The van der Waals surface area contributed by atoms with Crippen LogP contribution in [-0.4, -0.2) is 89.8 Å². The maximum atomic E-state index is 9.77. The van der Waals surface area contributed by atoms with Gasteiger partial charge in [-0.1, -0.05) is 6.08 Å². The van der Waals surface area contributed by atoms with Crippen molar-refractivity contribution in [3.8, 4) is 0 Å². The molecular formula is C13H21N5O6. The minimum Gasteiger partial charge on any atom is -0.479 e. The Morgan fingerprint density at radius 1 is 1.25 bits per heavy atom. The second-order valence-corrected chi connectivity index (χ2v) is 5.12. The number of aliphatic hydroxyl groups excluding tert-OH is 2. The van der Waals surface area contributed by atoms with Crippen molar-refractivity contribution in [3.63, 3.8) is 0 Å². The predicted octanol–water partition coefficient (Wildman–Crippen LogP) is -1.71. The molecule has 11 heteroatoms. The van der Waals surface area contributed by atoms with Crippen LogP contribution in [-0.2, 0) is 16.1 Å². The standard InChI is InChI=1S/C9H15N5.C4H6O6/c1-3-14-11-9(10-12-14)8-5-4-6-13(2)7-8;5-1(3(7)8)2(6)4(9)10/h5H,3-4,6-7H2,1-2H3;1-2,5-6H,(H,7,8)(H,9,10)/t;1-,2-/m.1/s1. The van der Waals surface area contributed by atoms with E-state index in [0.717, 1.165) is 31.9 Å². The molecule has 11 nitrogen and oxygen atoms in total. The second kappa shape index (κ2) is 9.05. The molecule has 2 atom stereocenters. The minimum atomic E-state index is -2.27. The fourth-order valence-corrected chi connectivity index (χ4v) is 1.83. The van der Waals surface area contributed by atoms with E-state index in [1.54, 1.807) is 4.80 Å². The summed E-state index contributed by atoms with van der Waals surface area (Å²) in [6.45, 7) is 4.82. The van der Waals surface area contributed by atoms with E-state index in [1.807, 2.05) is 6.92 Å². The molecule has 0 bridgehead atoms. The molecule has 2 heterocycles. The van der Waals surface area contributed by atoms with E-state index in [9.17, 15) is 9.59 Å². The number of hydrogen-bond donors (Lipinski definition) is 4. The molecule has 0 radical (unpaired) electrons. The number of carboxylic acids is 2. The molecule has 0 unspecified atom stereocenters. The van der Waals surface area contributed by atoms with Crippen LogP contribution in [0, 0.1) is 0 Å². The van der Waals surface area contributed by atoms with Gasteiger partial charge in [0.2, 0.25) is 5.82 Å². The molecule has 0 amide bonds. The number of tetrazole rings is 1. The molecule has 1 aliphatic rings. The van der Waals surface area contributed by atoms with Gasteiger partial charge >= 0.3 is 11.9 Å². The summed E-state index contributed by atoms with van der Waals surface area (Å²) in [6, 6.07) is 0. The van der Waals surface area contributed by atoms with Crippen molar-refractivity contribution in [2.24, 2.45) is 0 Å². The number of carboxylic acid groups (broad SMARTS) is 2. The van der Waals surface area contributed by atoms with Gasteiger partial charge in [-0.3, -0.25) is 0 Å². The van der Waals surface area contributed by atoms with Crippen molar-refractivity contribution in [2.75, 3.05) is 20.1 Å². The molecule has 1 aromatic heterocycles. The topological polar surface area (TPSA) is 162 Å². The van der Waals surface area contributed by atoms with Gasteiger partial charge in [0.1, 0.15) is 0 Å². The first-order valence-electron chi connectivity index (χ1n) is 7.23. The SMILES string of the molecule is CCn1nnc(C2=CCCN(C)C2)n1.O=C(O)[C@H](O)[C@@H](O)C(=O)O. The number of aromatic nitrogens is 4. The zero-order chi connectivity index (χ0) is 18.3.